The molecule has 3 rings (SSSR count). The number of rotatable bonds is 2. The van der Waals surface area contributed by atoms with Gasteiger partial charge < -0.3 is 4.57 Å². The fraction of sp³-hybridized carbons (Fsp3) is 0.421. The molecule has 0 saturated heterocycles. The van der Waals surface area contributed by atoms with Crippen molar-refractivity contribution >= 4 is 5.78 Å². The lowest BCUT2D eigenvalue weighted by molar-refractivity contribution is 0.0911. The van der Waals surface area contributed by atoms with Crippen LogP contribution in [0.25, 0.3) is 5.69 Å². The molecular weight excluding hydrogens is 258 g/mol. The van der Waals surface area contributed by atoms with Crippen molar-refractivity contribution in [1.29, 1.82) is 0 Å². The van der Waals surface area contributed by atoms with Crippen LogP contribution in [0.2, 0.25) is 0 Å². The summed E-state index contributed by atoms with van der Waals surface area (Å²) in [4.78, 5) is 12.4. The Hall–Kier alpha value is -1.83. The van der Waals surface area contributed by atoms with Gasteiger partial charge in [0, 0.05) is 23.9 Å². The first kappa shape index (κ1) is 14.1. The van der Waals surface area contributed by atoms with Gasteiger partial charge in [-0.05, 0) is 42.4 Å². The second-order valence-electron chi connectivity index (χ2n) is 6.92. The fourth-order valence-electron chi connectivity index (χ4n) is 3.50. The third-order valence-electron chi connectivity index (χ3n) is 4.52. The number of carbonyl (C=O) groups excluding carboxylic acids is 1. The van der Waals surface area contributed by atoms with Gasteiger partial charge >= 0.3 is 0 Å². The van der Waals surface area contributed by atoms with Crippen molar-refractivity contribution in [3.63, 3.8) is 0 Å². The Kier molecular flexibility index (Phi) is 3.27. The van der Waals surface area contributed by atoms with E-state index in [9.17, 15) is 4.79 Å². The minimum Gasteiger partial charge on any atom is -0.320 e. The lowest BCUT2D eigenvalue weighted by Crippen LogP contribution is -2.28. The van der Waals surface area contributed by atoms with E-state index in [1.165, 1.54) is 22.5 Å². The summed E-state index contributed by atoms with van der Waals surface area (Å²) in [7, 11) is 0. The Bertz CT molecular complexity index is 706. The van der Waals surface area contributed by atoms with Crippen LogP contribution in [0.4, 0.5) is 0 Å². The highest BCUT2D eigenvalue weighted by Gasteiger charge is 2.33. The molecule has 0 unspecified atom stereocenters. The summed E-state index contributed by atoms with van der Waals surface area (Å²) in [6, 6.07) is 8.45. The summed E-state index contributed by atoms with van der Waals surface area (Å²) in [6.45, 7) is 8.70. The third-order valence-corrected chi connectivity index (χ3v) is 4.52. The highest BCUT2D eigenvalue weighted by molar-refractivity contribution is 5.99. The predicted octanol–water partition coefficient (Wildman–Crippen LogP) is 4.50. The van der Waals surface area contributed by atoms with Gasteiger partial charge in [-0.15, -0.1) is 0 Å². The molecule has 2 heteroatoms. The number of Topliss-reactive ketones (excluding diaryl/α,β-unsaturated/α-hetero) is 1. The van der Waals surface area contributed by atoms with Crippen molar-refractivity contribution in [2.45, 2.75) is 47.0 Å². The molecule has 1 aromatic heterocycles. The molecule has 0 N–H and O–H groups in total. The van der Waals surface area contributed by atoms with Crippen LogP contribution in [0.1, 0.15) is 54.4 Å². The molecule has 0 saturated carbocycles. The summed E-state index contributed by atoms with van der Waals surface area (Å²) in [5.41, 5.74) is 6.01. The monoisotopic (exact) mass is 281 g/mol. The molecule has 1 aromatic carbocycles. The van der Waals surface area contributed by atoms with Gasteiger partial charge in [0.1, 0.15) is 0 Å². The number of aryl methyl sites for hydroxylation is 2. The maximum Gasteiger partial charge on any atom is 0.165 e. The van der Waals surface area contributed by atoms with Crippen LogP contribution >= 0.6 is 0 Å². The summed E-state index contributed by atoms with van der Waals surface area (Å²) >= 11 is 0. The van der Waals surface area contributed by atoms with E-state index in [1.54, 1.807) is 0 Å². The number of benzene rings is 1. The van der Waals surface area contributed by atoms with Crippen LogP contribution in [0.5, 0.6) is 0 Å². The average molecular weight is 281 g/mol. The molecule has 0 aliphatic heterocycles. The molecule has 0 fully saturated rings. The van der Waals surface area contributed by atoms with Crippen LogP contribution in [0.15, 0.2) is 30.5 Å². The Morgan fingerprint density at radius 3 is 2.67 bits per heavy atom. The Labute approximate surface area is 126 Å². The van der Waals surface area contributed by atoms with Crippen molar-refractivity contribution in [2.24, 2.45) is 5.41 Å². The van der Waals surface area contributed by atoms with Gasteiger partial charge in [0.05, 0.1) is 5.69 Å². The normalized spacial score (nSPS) is 16.9. The van der Waals surface area contributed by atoms with Crippen LogP contribution in [0, 0.1) is 12.3 Å². The van der Waals surface area contributed by atoms with Gasteiger partial charge in [0.25, 0.3) is 0 Å². The van der Waals surface area contributed by atoms with E-state index in [0.29, 0.717) is 6.42 Å². The molecule has 0 spiro atoms. The van der Waals surface area contributed by atoms with E-state index >= 15 is 0 Å². The first-order chi connectivity index (χ1) is 9.93. The lowest BCUT2D eigenvalue weighted by atomic mass is 9.76. The maximum absolute atomic E-state index is 12.4. The van der Waals surface area contributed by atoms with Crippen molar-refractivity contribution in [2.75, 3.05) is 0 Å². The second kappa shape index (κ2) is 4.87. The van der Waals surface area contributed by atoms with Crippen LogP contribution in [-0.4, -0.2) is 10.4 Å². The van der Waals surface area contributed by atoms with Crippen molar-refractivity contribution in [3.8, 4) is 5.69 Å². The highest BCUT2D eigenvalue weighted by Crippen LogP contribution is 2.37. The smallest absolute Gasteiger partial charge is 0.165 e. The molecule has 1 aliphatic rings. The van der Waals surface area contributed by atoms with Gasteiger partial charge in [-0.1, -0.05) is 39.0 Å². The van der Waals surface area contributed by atoms with Gasteiger partial charge in [0.2, 0.25) is 0 Å². The zero-order valence-electron chi connectivity index (χ0n) is 13.4. The fourth-order valence-corrected chi connectivity index (χ4v) is 3.50. The number of hydrogen-bond acceptors (Lipinski definition) is 1. The summed E-state index contributed by atoms with van der Waals surface area (Å²) in [5.74, 6) is 0.284. The molecule has 0 radical (unpaired) electrons. The Morgan fingerprint density at radius 2 is 1.95 bits per heavy atom. The summed E-state index contributed by atoms with van der Waals surface area (Å²) < 4.78 is 2.25. The van der Waals surface area contributed by atoms with Crippen LogP contribution in [0.3, 0.4) is 0 Å². The minimum atomic E-state index is 0.0508. The molecule has 2 nitrogen and oxygen atoms in total. The number of para-hydroxylation sites is 1. The number of fused-ring (bicyclic) bond motifs is 1. The van der Waals surface area contributed by atoms with Crippen molar-refractivity contribution in [1.82, 2.24) is 4.57 Å². The standard InChI is InChI=1S/C19H23NO/c1-5-14-8-6-7-13(2)18(14)20-10-9-15-16(20)11-19(3,4)12-17(15)21/h6-10H,5,11-12H2,1-4H3. The number of aromatic nitrogens is 1. The third kappa shape index (κ3) is 2.33. The zero-order valence-corrected chi connectivity index (χ0v) is 13.4. The molecule has 21 heavy (non-hydrogen) atoms. The molecule has 0 bridgehead atoms. The molecule has 1 aliphatic carbocycles. The topological polar surface area (TPSA) is 22.0 Å². The minimum absolute atomic E-state index is 0.0508. The van der Waals surface area contributed by atoms with E-state index in [4.69, 9.17) is 0 Å². The second-order valence-corrected chi connectivity index (χ2v) is 6.92. The van der Waals surface area contributed by atoms with Gasteiger partial charge in [-0.25, -0.2) is 0 Å². The van der Waals surface area contributed by atoms with Gasteiger partial charge in [-0.2, -0.15) is 0 Å². The Balaban J connectivity index is 2.21. The number of nitrogens with zero attached hydrogens (tertiary/aromatic N) is 1. The quantitative estimate of drug-likeness (QED) is 0.794. The molecule has 110 valence electrons. The predicted molar refractivity (Wildman–Crippen MR) is 86.3 cm³/mol. The molecule has 1 heterocycles. The summed E-state index contributed by atoms with van der Waals surface area (Å²) in [5, 5.41) is 0. The number of ketones is 1. The average Bonchev–Trinajstić information content (AvgIpc) is 2.80. The van der Waals surface area contributed by atoms with E-state index in [1.807, 2.05) is 6.07 Å². The van der Waals surface area contributed by atoms with Crippen LogP contribution < -0.4 is 0 Å². The van der Waals surface area contributed by atoms with E-state index in [2.05, 4.69) is 56.7 Å². The zero-order chi connectivity index (χ0) is 15.2. The first-order valence-corrected chi connectivity index (χ1v) is 7.75. The molecule has 0 amide bonds. The maximum atomic E-state index is 12.4. The van der Waals surface area contributed by atoms with Gasteiger partial charge in [-0.3, -0.25) is 4.79 Å². The number of carbonyl (C=O) groups is 1. The first-order valence-electron chi connectivity index (χ1n) is 7.75. The largest absolute Gasteiger partial charge is 0.320 e. The van der Waals surface area contributed by atoms with Gasteiger partial charge in [0.15, 0.2) is 5.78 Å². The highest BCUT2D eigenvalue weighted by atomic mass is 16.1. The van der Waals surface area contributed by atoms with Crippen molar-refractivity contribution in [3.05, 3.63) is 52.8 Å². The SMILES string of the molecule is CCc1cccc(C)c1-n1ccc2c1CC(C)(C)CC2=O. The van der Waals surface area contributed by atoms with E-state index in [-0.39, 0.29) is 11.2 Å². The van der Waals surface area contributed by atoms with E-state index in [0.717, 1.165) is 18.4 Å². The van der Waals surface area contributed by atoms with Crippen molar-refractivity contribution < 1.29 is 4.79 Å². The van der Waals surface area contributed by atoms with E-state index < -0.39 is 0 Å². The molecular formula is C19H23NO. The lowest BCUT2D eigenvalue weighted by Gasteiger charge is -2.30. The Morgan fingerprint density at radius 1 is 1.19 bits per heavy atom. The molecule has 2 aromatic rings. The van der Waals surface area contributed by atoms with Crippen LogP contribution in [-0.2, 0) is 12.8 Å². The molecule has 0 atom stereocenters. The number of hydrogen-bond donors (Lipinski definition) is 0. The summed E-state index contributed by atoms with van der Waals surface area (Å²) in [6.07, 6.45) is 4.68.